The molecule has 0 aliphatic rings. The number of nitrogens with zero attached hydrogens (tertiary/aromatic N) is 1. The first-order valence-corrected chi connectivity index (χ1v) is 7.06. The molecule has 0 bridgehead atoms. The lowest BCUT2D eigenvalue weighted by molar-refractivity contribution is 0.340. The van der Waals surface area contributed by atoms with Crippen molar-refractivity contribution in [3.05, 3.63) is 58.3 Å². The second-order valence-electron chi connectivity index (χ2n) is 4.09. The molecule has 1 unspecified atom stereocenters. The van der Waals surface area contributed by atoms with E-state index in [0.717, 1.165) is 21.5 Å². The molecule has 1 N–H and O–H groups in total. The lowest BCUT2D eigenvalue weighted by Crippen LogP contribution is -2.19. The summed E-state index contributed by atoms with van der Waals surface area (Å²) in [4.78, 5) is 4.44. The predicted octanol–water partition coefficient (Wildman–Crippen LogP) is 3.55. The van der Waals surface area contributed by atoms with Gasteiger partial charge >= 0.3 is 0 Å². The summed E-state index contributed by atoms with van der Waals surface area (Å²) in [5, 5.41) is 3.29. The zero-order valence-corrected chi connectivity index (χ0v) is 12.6. The van der Waals surface area contributed by atoms with Crippen molar-refractivity contribution >= 4 is 15.9 Å². The third-order valence-electron chi connectivity index (χ3n) is 2.87. The van der Waals surface area contributed by atoms with Crippen LogP contribution in [0, 0.1) is 0 Å². The average Bonchev–Trinajstić information content (AvgIpc) is 2.44. The Hall–Kier alpha value is -1.39. The molecule has 1 aromatic carbocycles. The van der Waals surface area contributed by atoms with E-state index in [1.807, 2.05) is 38.2 Å². The molecule has 0 aliphatic heterocycles. The molecule has 0 saturated heterocycles. The number of hydrogen-bond donors (Lipinski definition) is 1. The van der Waals surface area contributed by atoms with Gasteiger partial charge in [0.05, 0.1) is 18.3 Å². The van der Waals surface area contributed by atoms with E-state index < -0.39 is 0 Å². The average molecular weight is 321 g/mol. The Labute approximate surface area is 122 Å². The van der Waals surface area contributed by atoms with E-state index in [9.17, 15) is 0 Å². The van der Waals surface area contributed by atoms with Crippen molar-refractivity contribution in [1.82, 2.24) is 10.3 Å². The van der Waals surface area contributed by atoms with E-state index in [-0.39, 0.29) is 6.04 Å². The van der Waals surface area contributed by atoms with Crippen molar-refractivity contribution in [2.24, 2.45) is 0 Å². The monoisotopic (exact) mass is 320 g/mol. The summed E-state index contributed by atoms with van der Waals surface area (Å²) in [7, 11) is 1.93. The quantitative estimate of drug-likeness (QED) is 0.914. The largest absolute Gasteiger partial charge is 0.494 e. The highest BCUT2D eigenvalue weighted by atomic mass is 79.9. The van der Waals surface area contributed by atoms with Crippen LogP contribution in [-0.4, -0.2) is 18.6 Å². The van der Waals surface area contributed by atoms with Crippen molar-refractivity contribution in [3.63, 3.8) is 0 Å². The lowest BCUT2D eigenvalue weighted by atomic mass is 10.0. The molecule has 0 spiro atoms. The fourth-order valence-corrected chi connectivity index (χ4v) is 2.48. The van der Waals surface area contributed by atoms with Gasteiger partial charge in [0.2, 0.25) is 0 Å². The number of hydrogen-bond acceptors (Lipinski definition) is 3. The van der Waals surface area contributed by atoms with E-state index >= 15 is 0 Å². The van der Waals surface area contributed by atoms with Crippen LogP contribution in [0.3, 0.4) is 0 Å². The van der Waals surface area contributed by atoms with E-state index in [4.69, 9.17) is 4.74 Å². The molecule has 1 aromatic heterocycles. The van der Waals surface area contributed by atoms with Crippen molar-refractivity contribution < 1.29 is 4.74 Å². The maximum absolute atomic E-state index is 5.46. The van der Waals surface area contributed by atoms with Gasteiger partial charge < -0.3 is 10.1 Å². The standard InChI is InChI=1S/C15H17BrN2O/c1-3-19-12-8-6-11(7-9-12)14(17-2)15-13(16)5-4-10-18-15/h4-10,14,17H,3H2,1-2H3. The van der Waals surface area contributed by atoms with Crippen LogP contribution in [-0.2, 0) is 0 Å². The van der Waals surface area contributed by atoms with Crippen LogP contribution in [0.4, 0.5) is 0 Å². The van der Waals surface area contributed by atoms with Gasteiger partial charge in [-0.1, -0.05) is 12.1 Å². The Balaban J connectivity index is 2.29. The number of rotatable bonds is 5. The summed E-state index contributed by atoms with van der Waals surface area (Å²) < 4.78 is 6.46. The molecule has 100 valence electrons. The molecule has 0 amide bonds. The maximum Gasteiger partial charge on any atom is 0.119 e. The van der Waals surface area contributed by atoms with Gasteiger partial charge in [0.25, 0.3) is 0 Å². The van der Waals surface area contributed by atoms with E-state index in [1.54, 1.807) is 6.20 Å². The van der Waals surface area contributed by atoms with Crippen molar-refractivity contribution in [1.29, 1.82) is 0 Å². The van der Waals surface area contributed by atoms with Crippen molar-refractivity contribution in [2.45, 2.75) is 13.0 Å². The van der Waals surface area contributed by atoms with Gasteiger partial charge in [-0.3, -0.25) is 4.98 Å². The summed E-state index contributed by atoms with van der Waals surface area (Å²) in [6, 6.07) is 12.1. The zero-order valence-electron chi connectivity index (χ0n) is 11.1. The minimum Gasteiger partial charge on any atom is -0.494 e. The number of aromatic nitrogens is 1. The minimum atomic E-state index is 0.0613. The third-order valence-corrected chi connectivity index (χ3v) is 3.54. The fraction of sp³-hybridized carbons (Fsp3) is 0.267. The molecule has 0 aliphatic carbocycles. The number of benzene rings is 1. The van der Waals surface area contributed by atoms with Crippen molar-refractivity contribution in [2.75, 3.05) is 13.7 Å². The second kappa shape index (κ2) is 6.68. The molecule has 0 radical (unpaired) electrons. The SMILES string of the molecule is CCOc1ccc(C(NC)c2ncccc2Br)cc1. The minimum absolute atomic E-state index is 0.0613. The molecule has 0 fully saturated rings. The predicted molar refractivity (Wildman–Crippen MR) is 80.5 cm³/mol. The Morgan fingerprint density at radius 1 is 1.26 bits per heavy atom. The third kappa shape index (κ3) is 3.33. The van der Waals surface area contributed by atoms with Gasteiger partial charge in [0.15, 0.2) is 0 Å². The van der Waals surface area contributed by atoms with Crippen LogP contribution in [0.2, 0.25) is 0 Å². The van der Waals surface area contributed by atoms with Crippen LogP contribution in [0.5, 0.6) is 5.75 Å². The Kier molecular flexibility index (Phi) is 4.93. The van der Waals surface area contributed by atoms with Crippen LogP contribution in [0.1, 0.15) is 24.2 Å². The molecule has 0 saturated carbocycles. The van der Waals surface area contributed by atoms with E-state index in [1.165, 1.54) is 0 Å². The van der Waals surface area contributed by atoms with Gasteiger partial charge in [-0.05, 0) is 59.7 Å². The first-order valence-electron chi connectivity index (χ1n) is 6.26. The summed E-state index contributed by atoms with van der Waals surface area (Å²) in [6.07, 6.45) is 1.80. The van der Waals surface area contributed by atoms with Gasteiger partial charge in [-0.2, -0.15) is 0 Å². The lowest BCUT2D eigenvalue weighted by Gasteiger charge is -2.17. The normalized spacial score (nSPS) is 12.2. The summed E-state index contributed by atoms with van der Waals surface area (Å²) in [5.74, 6) is 0.890. The smallest absolute Gasteiger partial charge is 0.119 e. The van der Waals surface area contributed by atoms with Gasteiger partial charge in [-0.15, -0.1) is 0 Å². The fourth-order valence-electron chi connectivity index (χ4n) is 1.99. The Morgan fingerprint density at radius 3 is 2.58 bits per heavy atom. The number of ether oxygens (including phenoxy) is 1. The summed E-state index contributed by atoms with van der Waals surface area (Å²) in [6.45, 7) is 2.66. The van der Waals surface area contributed by atoms with Crippen LogP contribution < -0.4 is 10.1 Å². The van der Waals surface area contributed by atoms with Gasteiger partial charge in [0, 0.05) is 10.7 Å². The molecular formula is C15H17BrN2O. The molecule has 1 atom stereocenters. The van der Waals surface area contributed by atoms with Crippen LogP contribution in [0.15, 0.2) is 47.1 Å². The molecule has 1 heterocycles. The second-order valence-corrected chi connectivity index (χ2v) is 4.95. The molecule has 19 heavy (non-hydrogen) atoms. The molecule has 2 aromatic rings. The number of nitrogens with one attached hydrogen (secondary N) is 1. The topological polar surface area (TPSA) is 34.1 Å². The van der Waals surface area contributed by atoms with Gasteiger partial charge in [-0.25, -0.2) is 0 Å². The zero-order chi connectivity index (χ0) is 13.7. The molecule has 3 nitrogen and oxygen atoms in total. The highest BCUT2D eigenvalue weighted by molar-refractivity contribution is 9.10. The number of halogens is 1. The molecule has 2 rings (SSSR count). The Morgan fingerprint density at radius 2 is 2.00 bits per heavy atom. The van der Waals surface area contributed by atoms with Crippen LogP contribution in [0.25, 0.3) is 0 Å². The van der Waals surface area contributed by atoms with E-state index in [2.05, 4.69) is 38.4 Å². The number of pyridine rings is 1. The Bertz CT molecular complexity index is 528. The highest BCUT2D eigenvalue weighted by Crippen LogP contribution is 2.27. The highest BCUT2D eigenvalue weighted by Gasteiger charge is 2.15. The van der Waals surface area contributed by atoms with E-state index in [0.29, 0.717) is 6.61 Å². The van der Waals surface area contributed by atoms with Gasteiger partial charge in [0.1, 0.15) is 5.75 Å². The summed E-state index contributed by atoms with van der Waals surface area (Å²) >= 11 is 3.55. The maximum atomic E-state index is 5.46. The van der Waals surface area contributed by atoms with Crippen LogP contribution >= 0.6 is 15.9 Å². The molecular weight excluding hydrogens is 304 g/mol. The first kappa shape index (κ1) is 14.0. The first-order chi connectivity index (χ1) is 9.26. The molecule has 4 heteroatoms. The van der Waals surface area contributed by atoms with Crippen molar-refractivity contribution in [3.8, 4) is 5.75 Å². The summed E-state index contributed by atoms with van der Waals surface area (Å²) in [5.41, 5.74) is 2.14.